The van der Waals surface area contributed by atoms with E-state index < -0.39 is 0 Å². The highest BCUT2D eigenvalue weighted by Crippen LogP contribution is 2.02. The molecule has 0 atom stereocenters. The van der Waals surface area contributed by atoms with Crippen molar-refractivity contribution in [3.8, 4) is 0 Å². The lowest BCUT2D eigenvalue weighted by Crippen LogP contribution is -2.18. The van der Waals surface area contributed by atoms with E-state index in [-0.39, 0.29) is 0 Å². The number of aliphatic imine (C=N–C) groups is 1. The number of aromatic nitrogens is 1. The van der Waals surface area contributed by atoms with E-state index in [0.717, 1.165) is 10.4 Å². The van der Waals surface area contributed by atoms with Crippen LogP contribution < -0.4 is 11.2 Å². The molecular weight excluding hydrogens is 230 g/mol. The first-order valence-electron chi connectivity index (χ1n) is 5.32. The second-order valence-corrected chi connectivity index (χ2v) is 3.57. The number of rotatable bonds is 1. The van der Waals surface area contributed by atoms with Crippen LogP contribution in [0.2, 0.25) is 0 Å². The zero-order chi connectivity index (χ0) is 13.0. The molecule has 3 N–H and O–H groups in total. The molecule has 6 nitrogen and oxygen atoms in total. The SMILES string of the molecule is CN=C1C=CC(=NN=c2ccccn2O)C(N)=C1. The third-order valence-corrected chi connectivity index (χ3v) is 2.35. The highest BCUT2D eigenvalue weighted by molar-refractivity contribution is 6.20. The van der Waals surface area contributed by atoms with Crippen LogP contribution in [-0.4, -0.2) is 28.4 Å². The van der Waals surface area contributed by atoms with Crippen LogP contribution in [0.4, 0.5) is 0 Å². The van der Waals surface area contributed by atoms with Gasteiger partial charge in [-0.25, -0.2) is 0 Å². The van der Waals surface area contributed by atoms with E-state index in [1.807, 2.05) is 0 Å². The van der Waals surface area contributed by atoms with Gasteiger partial charge in [0, 0.05) is 13.2 Å². The van der Waals surface area contributed by atoms with Crippen LogP contribution in [0.3, 0.4) is 0 Å². The minimum absolute atomic E-state index is 0.321. The Labute approximate surface area is 104 Å². The van der Waals surface area contributed by atoms with Crippen molar-refractivity contribution in [2.24, 2.45) is 20.9 Å². The lowest BCUT2D eigenvalue weighted by atomic mass is 10.1. The summed E-state index contributed by atoms with van der Waals surface area (Å²) in [6, 6.07) is 5.07. The normalized spacial score (nSPS) is 20.5. The van der Waals surface area contributed by atoms with Crippen molar-refractivity contribution in [1.82, 2.24) is 4.73 Å². The zero-order valence-corrected chi connectivity index (χ0v) is 9.85. The maximum Gasteiger partial charge on any atom is 0.189 e. The van der Waals surface area contributed by atoms with E-state index in [2.05, 4.69) is 15.2 Å². The van der Waals surface area contributed by atoms with Gasteiger partial charge in [0.05, 0.1) is 11.4 Å². The average Bonchev–Trinajstić information content (AvgIpc) is 2.39. The summed E-state index contributed by atoms with van der Waals surface area (Å²) < 4.78 is 0.884. The topological polar surface area (TPSA) is 88.3 Å². The molecule has 1 heterocycles. The molecule has 1 aliphatic carbocycles. The second kappa shape index (κ2) is 5.13. The van der Waals surface area contributed by atoms with Crippen LogP contribution in [-0.2, 0) is 0 Å². The van der Waals surface area contributed by atoms with Crippen LogP contribution in [0.15, 0.2) is 63.5 Å². The van der Waals surface area contributed by atoms with Crippen molar-refractivity contribution < 1.29 is 5.21 Å². The van der Waals surface area contributed by atoms with E-state index in [9.17, 15) is 5.21 Å². The van der Waals surface area contributed by atoms with Gasteiger partial charge < -0.3 is 10.9 Å². The Kier molecular flexibility index (Phi) is 3.38. The Balaban J connectivity index is 2.35. The molecule has 6 heteroatoms. The molecule has 0 saturated heterocycles. The van der Waals surface area contributed by atoms with Gasteiger partial charge in [-0.05, 0) is 30.4 Å². The van der Waals surface area contributed by atoms with Gasteiger partial charge in [0.2, 0.25) is 0 Å². The molecule has 1 aromatic rings. The van der Waals surface area contributed by atoms with Crippen LogP contribution in [0, 0.1) is 0 Å². The van der Waals surface area contributed by atoms with Crippen molar-refractivity contribution in [3.63, 3.8) is 0 Å². The van der Waals surface area contributed by atoms with Crippen molar-refractivity contribution in [1.29, 1.82) is 0 Å². The third kappa shape index (κ3) is 2.54. The van der Waals surface area contributed by atoms with E-state index in [1.165, 1.54) is 6.20 Å². The Morgan fingerprint density at radius 3 is 2.72 bits per heavy atom. The maximum atomic E-state index is 9.46. The molecule has 0 fully saturated rings. The van der Waals surface area contributed by atoms with Gasteiger partial charge >= 0.3 is 0 Å². The molecule has 0 saturated carbocycles. The summed E-state index contributed by atoms with van der Waals surface area (Å²) in [5, 5.41) is 17.4. The lowest BCUT2D eigenvalue weighted by Gasteiger charge is -2.05. The predicted octanol–water partition coefficient (Wildman–Crippen LogP) is 0.465. The van der Waals surface area contributed by atoms with Gasteiger partial charge in [-0.1, -0.05) is 6.07 Å². The molecular formula is C12H13N5O. The number of hydrogen-bond donors (Lipinski definition) is 2. The Hall–Kier alpha value is -2.63. The summed E-state index contributed by atoms with van der Waals surface area (Å²) >= 11 is 0. The Morgan fingerprint density at radius 1 is 1.22 bits per heavy atom. The molecule has 1 aliphatic rings. The highest BCUT2D eigenvalue weighted by Gasteiger charge is 2.05. The van der Waals surface area contributed by atoms with Crippen molar-refractivity contribution in [2.45, 2.75) is 0 Å². The number of hydrogen-bond acceptors (Lipinski definition) is 5. The number of nitrogens with two attached hydrogens (primary N) is 1. The fraction of sp³-hybridized carbons (Fsp3) is 0.0833. The van der Waals surface area contributed by atoms with E-state index >= 15 is 0 Å². The molecule has 0 aliphatic heterocycles. The van der Waals surface area contributed by atoms with Crippen molar-refractivity contribution in [3.05, 3.63) is 53.8 Å². The largest absolute Gasteiger partial charge is 0.427 e. The predicted molar refractivity (Wildman–Crippen MR) is 69.4 cm³/mol. The molecule has 1 aromatic heterocycles. The number of pyridine rings is 1. The lowest BCUT2D eigenvalue weighted by molar-refractivity contribution is 0.171. The number of nitrogens with zero attached hydrogens (tertiary/aromatic N) is 4. The third-order valence-electron chi connectivity index (χ3n) is 2.35. The van der Waals surface area contributed by atoms with Crippen LogP contribution in [0.5, 0.6) is 0 Å². The summed E-state index contributed by atoms with van der Waals surface area (Å²) in [5.74, 6) is 0. The summed E-state index contributed by atoms with van der Waals surface area (Å²) in [5.41, 5.74) is 7.94. The molecule has 0 radical (unpaired) electrons. The molecule has 0 aromatic carbocycles. The van der Waals surface area contributed by atoms with Gasteiger partial charge in [-0.15, -0.1) is 10.2 Å². The van der Waals surface area contributed by atoms with Gasteiger partial charge in [-0.2, -0.15) is 4.73 Å². The smallest absolute Gasteiger partial charge is 0.189 e. The second-order valence-electron chi connectivity index (χ2n) is 3.57. The van der Waals surface area contributed by atoms with Gasteiger partial charge in [-0.3, -0.25) is 4.99 Å². The first kappa shape index (κ1) is 11.8. The van der Waals surface area contributed by atoms with E-state index in [0.29, 0.717) is 16.9 Å². The molecule has 2 rings (SSSR count). The van der Waals surface area contributed by atoms with Gasteiger partial charge in [0.1, 0.15) is 5.71 Å². The van der Waals surface area contributed by atoms with Gasteiger partial charge in [0.25, 0.3) is 0 Å². The monoisotopic (exact) mass is 243 g/mol. The first-order chi connectivity index (χ1) is 8.70. The van der Waals surface area contributed by atoms with Crippen LogP contribution in [0.25, 0.3) is 0 Å². The van der Waals surface area contributed by atoms with Gasteiger partial charge in [0.15, 0.2) is 5.49 Å². The maximum absolute atomic E-state index is 9.46. The quantitative estimate of drug-likeness (QED) is 0.426. The molecule has 0 amide bonds. The van der Waals surface area contributed by atoms with E-state index in [1.54, 1.807) is 43.5 Å². The molecule has 0 unspecified atom stereocenters. The first-order valence-corrected chi connectivity index (χ1v) is 5.32. The molecule has 18 heavy (non-hydrogen) atoms. The minimum atomic E-state index is 0.321. The van der Waals surface area contributed by atoms with Crippen molar-refractivity contribution >= 4 is 11.4 Å². The summed E-state index contributed by atoms with van der Waals surface area (Å²) in [6.45, 7) is 0. The number of allylic oxidation sites excluding steroid dienone is 3. The highest BCUT2D eigenvalue weighted by atomic mass is 16.5. The van der Waals surface area contributed by atoms with Crippen LogP contribution >= 0.6 is 0 Å². The molecule has 0 spiro atoms. The fourth-order valence-corrected chi connectivity index (χ4v) is 1.38. The Morgan fingerprint density at radius 2 is 2.06 bits per heavy atom. The standard InChI is InChI=1S/C12H13N5O/c1-14-9-5-6-11(10(13)8-9)15-16-12-4-2-3-7-17(12)18/h2-8,18H,13H2,1H3. The fourth-order valence-electron chi connectivity index (χ4n) is 1.38. The summed E-state index contributed by atoms with van der Waals surface area (Å²) in [6.07, 6.45) is 6.71. The Bertz CT molecular complexity index is 634. The van der Waals surface area contributed by atoms with Crippen molar-refractivity contribution in [2.75, 3.05) is 7.05 Å². The molecule has 92 valence electrons. The average molecular weight is 243 g/mol. The van der Waals surface area contributed by atoms with Crippen LogP contribution in [0.1, 0.15) is 0 Å². The summed E-state index contributed by atoms with van der Waals surface area (Å²) in [4.78, 5) is 4.01. The zero-order valence-electron chi connectivity index (χ0n) is 9.85. The summed E-state index contributed by atoms with van der Waals surface area (Å²) in [7, 11) is 1.69. The molecule has 0 bridgehead atoms. The minimum Gasteiger partial charge on any atom is -0.427 e. The van der Waals surface area contributed by atoms with E-state index in [4.69, 9.17) is 5.73 Å².